The monoisotopic (exact) mass is 229 g/mol. The Morgan fingerprint density at radius 3 is 2.71 bits per heavy atom. The van der Waals surface area contributed by atoms with Crippen molar-refractivity contribution in [3.8, 4) is 0 Å². The maximum absolute atomic E-state index is 10.7. The molecular formula is C12H11N3O2. The van der Waals surface area contributed by atoms with Crippen LogP contribution in [0.1, 0.15) is 5.56 Å². The molecule has 0 heterocycles. The van der Waals surface area contributed by atoms with Crippen molar-refractivity contribution < 1.29 is 9.90 Å². The van der Waals surface area contributed by atoms with E-state index in [2.05, 4.69) is 5.32 Å². The minimum absolute atomic E-state index is 0.0444. The van der Waals surface area contributed by atoms with Gasteiger partial charge in [0, 0.05) is 10.9 Å². The molecule has 0 aliphatic heterocycles. The van der Waals surface area contributed by atoms with E-state index in [9.17, 15) is 4.79 Å². The Labute approximate surface area is 97.4 Å². The van der Waals surface area contributed by atoms with Crippen LogP contribution < -0.4 is 11.1 Å². The highest BCUT2D eigenvalue weighted by Crippen LogP contribution is 2.24. The molecule has 0 aromatic heterocycles. The molecule has 0 saturated heterocycles. The minimum atomic E-state index is -1.12. The highest BCUT2D eigenvalue weighted by molar-refractivity contribution is 6.04. The van der Waals surface area contributed by atoms with Crippen molar-refractivity contribution in [3.63, 3.8) is 0 Å². The minimum Gasteiger partial charge on any atom is -0.465 e. The van der Waals surface area contributed by atoms with Crippen molar-refractivity contribution in [2.24, 2.45) is 5.73 Å². The summed E-state index contributed by atoms with van der Waals surface area (Å²) in [5.74, 6) is -0.0444. The molecule has 5 N–H and O–H groups in total. The predicted molar refractivity (Wildman–Crippen MR) is 66.6 cm³/mol. The molecule has 0 bridgehead atoms. The van der Waals surface area contributed by atoms with Crippen molar-refractivity contribution in [3.05, 3.63) is 42.0 Å². The molecule has 0 fully saturated rings. The number of rotatable bonds is 2. The zero-order chi connectivity index (χ0) is 12.4. The lowest BCUT2D eigenvalue weighted by Crippen LogP contribution is -2.11. The number of amides is 1. The number of nitrogens with two attached hydrogens (primary N) is 1. The van der Waals surface area contributed by atoms with Gasteiger partial charge in [-0.1, -0.05) is 24.3 Å². The Morgan fingerprint density at radius 1 is 1.29 bits per heavy atom. The van der Waals surface area contributed by atoms with Gasteiger partial charge in [-0.25, -0.2) is 4.79 Å². The summed E-state index contributed by atoms with van der Waals surface area (Å²) in [5, 5.41) is 20.0. The smallest absolute Gasteiger partial charge is 0.409 e. The molecule has 0 atom stereocenters. The second-order valence-electron chi connectivity index (χ2n) is 3.59. The Bertz CT molecular complexity index is 608. The van der Waals surface area contributed by atoms with E-state index in [1.165, 1.54) is 0 Å². The summed E-state index contributed by atoms with van der Waals surface area (Å²) in [6, 6.07) is 10.5. The fraction of sp³-hybridized carbons (Fsp3) is 0. The lowest BCUT2D eigenvalue weighted by Gasteiger charge is -2.07. The fourth-order valence-corrected chi connectivity index (χ4v) is 1.66. The normalized spacial score (nSPS) is 10.1. The molecule has 0 saturated carbocycles. The predicted octanol–water partition coefficient (Wildman–Crippen LogP) is 2.21. The molecule has 2 aromatic rings. The van der Waals surface area contributed by atoms with Gasteiger partial charge >= 0.3 is 6.09 Å². The first-order chi connectivity index (χ1) is 8.08. The standard InChI is InChI=1S/C12H11N3O2/c13-11(14)8-5-4-7-2-1-3-10(9(7)6-8)15-12(16)17/h1-6,15H,(H3,13,14)(H,16,17). The molecule has 2 aromatic carbocycles. The fourth-order valence-electron chi connectivity index (χ4n) is 1.66. The number of hydrogen-bond acceptors (Lipinski definition) is 2. The van der Waals surface area contributed by atoms with Crippen LogP contribution in [0.3, 0.4) is 0 Å². The zero-order valence-corrected chi connectivity index (χ0v) is 8.90. The van der Waals surface area contributed by atoms with E-state index in [0.29, 0.717) is 11.3 Å². The van der Waals surface area contributed by atoms with Gasteiger partial charge in [-0.15, -0.1) is 0 Å². The van der Waals surface area contributed by atoms with Crippen molar-refractivity contribution in [1.82, 2.24) is 0 Å². The Morgan fingerprint density at radius 2 is 2.06 bits per heavy atom. The molecule has 0 radical (unpaired) electrons. The second-order valence-corrected chi connectivity index (χ2v) is 3.59. The van der Waals surface area contributed by atoms with E-state index in [4.69, 9.17) is 16.2 Å². The molecule has 2 rings (SSSR count). The van der Waals surface area contributed by atoms with Crippen molar-refractivity contribution >= 4 is 28.4 Å². The number of fused-ring (bicyclic) bond motifs is 1. The van der Waals surface area contributed by atoms with E-state index >= 15 is 0 Å². The van der Waals surface area contributed by atoms with E-state index in [0.717, 1.165) is 10.8 Å². The van der Waals surface area contributed by atoms with E-state index < -0.39 is 6.09 Å². The van der Waals surface area contributed by atoms with Gasteiger partial charge in [0.25, 0.3) is 0 Å². The van der Waals surface area contributed by atoms with E-state index in [1.807, 2.05) is 6.07 Å². The van der Waals surface area contributed by atoms with Gasteiger partial charge in [0.2, 0.25) is 0 Å². The number of anilines is 1. The molecule has 17 heavy (non-hydrogen) atoms. The molecule has 1 amide bonds. The first kappa shape index (κ1) is 10.9. The van der Waals surface area contributed by atoms with Crippen LogP contribution in [0.15, 0.2) is 36.4 Å². The van der Waals surface area contributed by atoms with E-state index in [1.54, 1.807) is 30.3 Å². The van der Waals surface area contributed by atoms with Crippen molar-refractivity contribution in [1.29, 1.82) is 5.41 Å². The summed E-state index contributed by atoms with van der Waals surface area (Å²) >= 11 is 0. The average molecular weight is 229 g/mol. The second kappa shape index (κ2) is 4.13. The Hall–Kier alpha value is -2.56. The summed E-state index contributed by atoms with van der Waals surface area (Å²) in [5.41, 5.74) is 6.45. The largest absolute Gasteiger partial charge is 0.465 e. The number of hydrogen-bond donors (Lipinski definition) is 4. The molecule has 86 valence electrons. The summed E-state index contributed by atoms with van der Waals surface area (Å²) in [7, 11) is 0. The number of carbonyl (C=O) groups is 1. The van der Waals surface area contributed by atoms with Crippen LogP contribution in [-0.4, -0.2) is 17.0 Å². The van der Waals surface area contributed by atoms with Crippen LogP contribution in [0.2, 0.25) is 0 Å². The summed E-state index contributed by atoms with van der Waals surface area (Å²) in [4.78, 5) is 10.7. The van der Waals surface area contributed by atoms with Crippen LogP contribution in [0.4, 0.5) is 10.5 Å². The lowest BCUT2D eigenvalue weighted by atomic mass is 10.0. The van der Waals surface area contributed by atoms with Crippen LogP contribution in [-0.2, 0) is 0 Å². The van der Waals surface area contributed by atoms with Gasteiger partial charge < -0.3 is 10.8 Å². The number of carboxylic acid groups (broad SMARTS) is 1. The number of amidine groups is 1. The quantitative estimate of drug-likeness (QED) is 0.469. The summed E-state index contributed by atoms with van der Waals surface area (Å²) in [6.07, 6.45) is -1.12. The number of benzene rings is 2. The summed E-state index contributed by atoms with van der Waals surface area (Å²) < 4.78 is 0. The Kier molecular flexibility index (Phi) is 2.66. The third kappa shape index (κ3) is 2.17. The van der Waals surface area contributed by atoms with E-state index in [-0.39, 0.29) is 5.84 Å². The van der Waals surface area contributed by atoms with Crippen molar-refractivity contribution in [2.75, 3.05) is 5.32 Å². The van der Waals surface area contributed by atoms with Crippen LogP contribution in [0.5, 0.6) is 0 Å². The molecule has 0 aliphatic carbocycles. The molecular weight excluding hydrogens is 218 g/mol. The van der Waals surface area contributed by atoms with Crippen LogP contribution >= 0.6 is 0 Å². The lowest BCUT2D eigenvalue weighted by molar-refractivity contribution is 0.210. The summed E-state index contributed by atoms with van der Waals surface area (Å²) in [6.45, 7) is 0. The van der Waals surface area contributed by atoms with Gasteiger partial charge in [-0.2, -0.15) is 0 Å². The number of nitrogens with one attached hydrogen (secondary N) is 2. The first-order valence-corrected chi connectivity index (χ1v) is 4.95. The topological polar surface area (TPSA) is 99.2 Å². The van der Waals surface area contributed by atoms with Crippen molar-refractivity contribution in [2.45, 2.75) is 0 Å². The third-order valence-electron chi connectivity index (χ3n) is 2.43. The van der Waals surface area contributed by atoms with Gasteiger partial charge in [-0.05, 0) is 17.5 Å². The Balaban J connectivity index is 2.63. The van der Waals surface area contributed by atoms with Gasteiger partial charge in [-0.3, -0.25) is 10.7 Å². The SMILES string of the molecule is N=C(N)c1ccc2cccc(NC(=O)O)c2c1. The van der Waals surface area contributed by atoms with Crippen LogP contribution in [0.25, 0.3) is 10.8 Å². The third-order valence-corrected chi connectivity index (χ3v) is 2.43. The first-order valence-electron chi connectivity index (χ1n) is 4.95. The van der Waals surface area contributed by atoms with Gasteiger partial charge in [0.15, 0.2) is 0 Å². The molecule has 5 nitrogen and oxygen atoms in total. The maximum Gasteiger partial charge on any atom is 0.409 e. The average Bonchev–Trinajstić information content (AvgIpc) is 2.28. The molecule has 5 heteroatoms. The molecule has 0 unspecified atom stereocenters. The highest BCUT2D eigenvalue weighted by Gasteiger charge is 2.05. The highest BCUT2D eigenvalue weighted by atomic mass is 16.4. The van der Waals surface area contributed by atoms with Gasteiger partial charge in [0.05, 0.1) is 5.69 Å². The molecule has 0 spiro atoms. The number of nitrogen functional groups attached to an aromatic ring is 1. The van der Waals surface area contributed by atoms with Crippen LogP contribution in [0, 0.1) is 5.41 Å². The zero-order valence-electron chi connectivity index (χ0n) is 8.90. The maximum atomic E-state index is 10.7. The molecule has 0 aliphatic rings. The van der Waals surface area contributed by atoms with Gasteiger partial charge in [0.1, 0.15) is 5.84 Å².